The number of carbonyl (C=O) groups excluding carboxylic acids is 1. The van der Waals surface area contributed by atoms with Crippen LogP contribution in [0.5, 0.6) is 0 Å². The molecule has 0 N–H and O–H groups in total. The highest BCUT2D eigenvalue weighted by molar-refractivity contribution is 5.93. The van der Waals surface area contributed by atoms with E-state index in [0.717, 1.165) is 25.0 Å². The molecule has 0 aromatic heterocycles. The highest BCUT2D eigenvalue weighted by Gasteiger charge is 2.34. The molecule has 0 spiro atoms. The summed E-state index contributed by atoms with van der Waals surface area (Å²) in [7, 11) is 1.42. The smallest absolute Gasteiger partial charge is 0.417 e. The van der Waals surface area contributed by atoms with Gasteiger partial charge in [-0.15, -0.1) is 0 Å². The average Bonchev–Trinajstić information content (AvgIpc) is 2.58. The van der Waals surface area contributed by atoms with Crippen molar-refractivity contribution < 1.29 is 22.7 Å². The van der Waals surface area contributed by atoms with Gasteiger partial charge in [0.15, 0.2) is 0 Å². The zero-order chi connectivity index (χ0) is 17.7. The van der Waals surface area contributed by atoms with Crippen LogP contribution < -0.4 is 4.90 Å². The zero-order valence-corrected chi connectivity index (χ0v) is 13.1. The van der Waals surface area contributed by atoms with E-state index in [0.29, 0.717) is 6.42 Å². The summed E-state index contributed by atoms with van der Waals surface area (Å²) in [4.78, 5) is 13.4. The number of amides is 1. The summed E-state index contributed by atoms with van der Waals surface area (Å²) >= 11 is 0. The molecule has 4 nitrogen and oxygen atoms in total. The Labute approximate surface area is 138 Å². The lowest BCUT2D eigenvalue weighted by Crippen LogP contribution is -2.28. The van der Waals surface area contributed by atoms with Crippen LogP contribution in [0.1, 0.15) is 36.8 Å². The van der Waals surface area contributed by atoms with E-state index in [4.69, 9.17) is 10.00 Å². The van der Waals surface area contributed by atoms with Crippen molar-refractivity contribution in [3.63, 3.8) is 0 Å². The molecule has 0 saturated carbocycles. The summed E-state index contributed by atoms with van der Waals surface area (Å²) < 4.78 is 44.4. The van der Waals surface area contributed by atoms with E-state index in [1.165, 1.54) is 24.1 Å². The molecular weight excluding hydrogens is 321 g/mol. The fraction of sp³-hybridized carbons (Fsp3) is 0.412. The van der Waals surface area contributed by atoms with Gasteiger partial charge in [-0.2, -0.15) is 18.4 Å². The number of carbonyl (C=O) groups is 1. The maximum absolute atomic E-state index is 13.0. The number of benzene rings is 1. The van der Waals surface area contributed by atoms with Crippen molar-refractivity contribution in [1.29, 1.82) is 5.26 Å². The predicted molar refractivity (Wildman–Crippen MR) is 82.1 cm³/mol. The van der Waals surface area contributed by atoms with Gasteiger partial charge in [-0.3, -0.25) is 4.79 Å². The van der Waals surface area contributed by atoms with Crippen molar-refractivity contribution in [2.75, 3.05) is 11.9 Å². The van der Waals surface area contributed by atoms with Crippen LogP contribution in [-0.2, 0) is 15.7 Å². The number of halogens is 3. The highest BCUT2D eigenvalue weighted by atomic mass is 19.4. The fourth-order valence-corrected chi connectivity index (χ4v) is 2.47. The van der Waals surface area contributed by atoms with Crippen molar-refractivity contribution in [3.05, 3.63) is 41.7 Å². The number of ether oxygens (including phenoxy) is 1. The van der Waals surface area contributed by atoms with E-state index < -0.39 is 17.3 Å². The van der Waals surface area contributed by atoms with Crippen LogP contribution in [-0.4, -0.2) is 19.1 Å². The van der Waals surface area contributed by atoms with Crippen molar-refractivity contribution in [2.24, 2.45) is 0 Å². The highest BCUT2D eigenvalue weighted by Crippen LogP contribution is 2.34. The van der Waals surface area contributed by atoms with Gasteiger partial charge in [-0.05, 0) is 43.5 Å². The SMILES string of the molecule is CN(C(=O)CC[C@@H]1CCC=CO1)c1ccc(C#N)c(C(F)(F)F)c1. The van der Waals surface area contributed by atoms with E-state index in [-0.39, 0.29) is 24.1 Å². The molecule has 1 heterocycles. The van der Waals surface area contributed by atoms with E-state index in [2.05, 4.69) is 0 Å². The summed E-state index contributed by atoms with van der Waals surface area (Å²) in [5, 5.41) is 8.80. The van der Waals surface area contributed by atoms with Gasteiger partial charge in [0.1, 0.15) is 0 Å². The topological polar surface area (TPSA) is 53.3 Å². The second-order valence-electron chi connectivity index (χ2n) is 5.54. The largest absolute Gasteiger partial charge is 0.498 e. The van der Waals surface area contributed by atoms with Crippen molar-refractivity contribution in [1.82, 2.24) is 0 Å². The number of alkyl halides is 3. The van der Waals surface area contributed by atoms with E-state index in [1.54, 1.807) is 6.26 Å². The van der Waals surface area contributed by atoms with Crippen LogP contribution >= 0.6 is 0 Å². The quantitative estimate of drug-likeness (QED) is 0.833. The van der Waals surface area contributed by atoms with Crippen LogP contribution in [0.3, 0.4) is 0 Å². The number of hydrogen-bond donors (Lipinski definition) is 0. The first kappa shape index (κ1) is 17.9. The molecule has 24 heavy (non-hydrogen) atoms. The Hall–Kier alpha value is -2.49. The zero-order valence-electron chi connectivity index (χ0n) is 13.1. The maximum atomic E-state index is 13.0. The predicted octanol–water partition coefficient (Wildman–Crippen LogP) is 4.01. The summed E-state index contributed by atoms with van der Waals surface area (Å²) in [6, 6.07) is 4.77. The van der Waals surface area contributed by atoms with E-state index in [9.17, 15) is 18.0 Å². The molecule has 1 atom stereocenters. The number of allylic oxidation sites excluding steroid dienone is 1. The Kier molecular flexibility index (Phi) is 5.50. The van der Waals surface area contributed by atoms with Crippen molar-refractivity contribution in [2.45, 2.75) is 38.0 Å². The Morgan fingerprint density at radius 3 is 2.79 bits per heavy atom. The van der Waals surface area contributed by atoms with Gasteiger partial charge in [0.05, 0.1) is 29.6 Å². The molecule has 1 aromatic carbocycles. The lowest BCUT2D eigenvalue weighted by atomic mass is 10.1. The number of nitriles is 1. The van der Waals surface area contributed by atoms with Gasteiger partial charge in [-0.25, -0.2) is 0 Å². The number of rotatable bonds is 4. The van der Waals surface area contributed by atoms with Crippen LogP contribution in [0.2, 0.25) is 0 Å². The maximum Gasteiger partial charge on any atom is 0.417 e. The van der Waals surface area contributed by atoms with Gasteiger partial charge in [0, 0.05) is 19.2 Å². The summed E-state index contributed by atoms with van der Waals surface area (Å²) in [6.07, 6.45) is 1.22. The molecule has 1 aliphatic rings. The molecule has 1 amide bonds. The first-order valence-electron chi connectivity index (χ1n) is 7.51. The molecule has 1 aromatic rings. The Morgan fingerprint density at radius 1 is 1.46 bits per heavy atom. The minimum absolute atomic E-state index is 0.0425. The van der Waals surface area contributed by atoms with Crippen LogP contribution in [0.4, 0.5) is 18.9 Å². The van der Waals surface area contributed by atoms with E-state index in [1.807, 2.05) is 6.08 Å². The Balaban J connectivity index is 2.08. The molecule has 0 radical (unpaired) electrons. The Bertz CT molecular complexity index is 677. The molecule has 7 heteroatoms. The normalized spacial score (nSPS) is 17.0. The monoisotopic (exact) mass is 338 g/mol. The molecule has 0 unspecified atom stereocenters. The van der Waals surface area contributed by atoms with Gasteiger partial charge >= 0.3 is 6.18 Å². The van der Waals surface area contributed by atoms with Gasteiger partial charge < -0.3 is 9.64 Å². The fourth-order valence-electron chi connectivity index (χ4n) is 2.47. The second kappa shape index (κ2) is 7.39. The van der Waals surface area contributed by atoms with Gasteiger partial charge in [0.25, 0.3) is 0 Å². The summed E-state index contributed by atoms with van der Waals surface area (Å²) in [5.74, 6) is -0.300. The van der Waals surface area contributed by atoms with Crippen LogP contribution in [0, 0.1) is 11.3 Å². The number of hydrogen-bond acceptors (Lipinski definition) is 3. The molecule has 2 rings (SSSR count). The number of nitrogens with zero attached hydrogens (tertiary/aromatic N) is 2. The van der Waals surface area contributed by atoms with Crippen molar-refractivity contribution >= 4 is 11.6 Å². The first-order valence-corrected chi connectivity index (χ1v) is 7.51. The van der Waals surface area contributed by atoms with Gasteiger partial charge in [0.2, 0.25) is 5.91 Å². The van der Waals surface area contributed by atoms with E-state index >= 15 is 0 Å². The molecule has 0 bridgehead atoms. The molecule has 0 fully saturated rings. The van der Waals surface area contributed by atoms with Crippen LogP contribution in [0.15, 0.2) is 30.5 Å². The second-order valence-corrected chi connectivity index (χ2v) is 5.54. The van der Waals surface area contributed by atoms with Gasteiger partial charge in [-0.1, -0.05) is 0 Å². The van der Waals surface area contributed by atoms with Crippen molar-refractivity contribution in [3.8, 4) is 6.07 Å². The minimum atomic E-state index is -4.65. The standard InChI is InChI=1S/C17H17F3N2O2/c1-22(16(23)8-7-14-4-2-3-9-24-14)13-6-5-12(11-21)15(10-13)17(18,19)20/h3,5-6,9-10,14H,2,4,7-8H2,1H3/t14-/m0/s1. The third-order valence-corrected chi connectivity index (χ3v) is 3.89. The molecular formula is C17H17F3N2O2. The lowest BCUT2D eigenvalue weighted by Gasteiger charge is -2.22. The lowest BCUT2D eigenvalue weighted by molar-refractivity contribution is -0.137. The average molecular weight is 338 g/mol. The van der Waals surface area contributed by atoms with Crippen LogP contribution in [0.25, 0.3) is 0 Å². The number of anilines is 1. The first-order chi connectivity index (χ1) is 11.3. The third kappa shape index (κ3) is 4.28. The molecule has 128 valence electrons. The molecule has 0 aliphatic carbocycles. The summed E-state index contributed by atoms with van der Waals surface area (Å²) in [5.41, 5.74) is -1.40. The Morgan fingerprint density at radius 2 is 2.21 bits per heavy atom. The summed E-state index contributed by atoms with van der Waals surface area (Å²) in [6.45, 7) is 0. The molecule has 0 saturated heterocycles. The third-order valence-electron chi connectivity index (χ3n) is 3.89. The minimum Gasteiger partial charge on any atom is -0.498 e. The molecule has 1 aliphatic heterocycles.